The van der Waals surface area contributed by atoms with Gasteiger partial charge in [0, 0.05) is 49.9 Å². The van der Waals surface area contributed by atoms with Gasteiger partial charge in [-0.15, -0.1) is 0 Å². The first kappa shape index (κ1) is 33.1. The molecule has 6 heteroatoms. The van der Waals surface area contributed by atoms with E-state index in [1.807, 2.05) is 48.5 Å². The molecule has 0 aliphatic heterocycles. The van der Waals surface area contributed by atoms with Crippen LogP contribution in [0.15, 0.2) is 213 Å². The van der Waals surface area contributed by atoms with E-state index in [-0.39, 0.29) is 0 Å². The Kier molecular flexibility index (Phi) is 7.43. The minimum atomic E-state index is 0.504. The first-order chi connectivity index (χ1) is 29.2. The number of para-hydroxylation sites is 4. The van der Waals surface area contributed by atoms with E-state index in [2.05, 4.69) is 161 Å². The number of anilines is 6. The number of nitrogens with zero attached hydrogens (tertiary/aromatic N) is 3. The molecule has 0 spiro atoms. The first-order valence-electron chi connectivity index (χ1n) is 19.7. The molecule has 0 atom stereocenters. The topological polar surface area (TPSA) is 58.8 Å². The van der Waals surface area contributed by atoms with Crippen LogP contribution in [0.2, 0.25) is 0 Å². The Balaban J connectivity index is 1.12. The van der Waals surface area contributed by atoms with Crippen molar-refractivity contribution in [3.05, 3.63) is 200 Å². The Bertz CT molecular complexity index is 3530. The second-order valence-electron chi connectivity index (χ2n) is 14.8. The van der Waals surface area contributed by atoms with Gasteiger partial charge in [0.15, 0.2) is 5.58 Å². The lowest BCUT2D eigenvalue weighted by Gasteiger charge is -2.29. The van der Waals surface area contributed by atoms with E-state index < -0.39 is 0 Å². The van der Waals surface area contributed by atoms with Crippen LogP contribution in [0.25, 0.3) is 77.2 Å². The molecule has 9 aromatic carbocycles. The maximum Gasteiger partial charge on any atom is 0.227 e. The van der Waals surface area contributed by atoms with Crippen LogP contribution in [0.5, 0.6) is 0 Å². The monoisotopic (exact) mass is 759 g/mol. The van der Waals surface area contributed by atoms with Crippen molar-refractivity contribution in [2.45, 2.75) is 0 Å². The molecule has 0 saturated carbocycles. The fraction of sp³-hybridized carbons (Fsp3) is 0. The van der Waals surface area contributed by atoms with Crippen LogP contribution in [0, 0.1) is 0 Å². The van der Waals surface area contributed by atoms with E-state index >= 15 is 0 Å². The van der Waals surface area contributed by atoms with E-state index in [0.717, 1.165) is 94.5 Å². The fourth-order valence-electron chi connectivity index (χ4n) is 8.48. The zero-order chi connectivity index (χ0) is 38.9. The highest BCUT2D eigenvalue weighted by Gasteiger charge is 2.25. The van der Waals surface area contributed by atoms with Gasteiger partial charge in [-0.05, 0) is 108 Å². The van der Waals surface area contributed by atoms with Crippen molar-refractivity contribution in [1.82, 2.24) is 4.98 Å². The predicted octanol–water partition coefficient (Wildman–Crippen LogP) is 15.4. The number of rotatable bonds is 7. The average molecular weight is 760 g/mol. The third-order valence-corrected chi connectivity index (χ3v) is 11.2. The van der Waals surface area contributed by atoms with Crippen LogP contribution in [-0.4, -0.2) is 4.98 Å². The van der Waals surface area contributed by atoms with Crippen molar-refractivity contribution in [2.75, 3.05) is 9.80 Å². The van der Waals surface area contributed by atoms with Crippen molar-refractivity contribution < 1.29 is 13.3 Å². The Hall–Kier alpha value is -8.09. The minimum absolute atomic E-state index is 0.504. The molecule has 0 aliphatic rings. The minimum Gasteiger partial charge on any atom is -0.456 e. The SMILES string of the molecule is c1ccc(N(c2cc(N(c3ccccc3)c3ccc4ccccc4c3)c3oc(-c4ccc5c(c4)oc4ccccc45)nc3c2)c2ccc3oc4ccccc4c3c2)cc1. The normalized spacial score (nSPS) is 11.7. The highest BCUT2D eigenvalue weighted by atomic mass is 16.4. The summed E-state index contributed by atoms with van der Waals surface area (Å²) in [5, 5.41) is 6.56. The Morgan fingerprint density at radius 2 is 0.932 bits per heavy atom. The summed E-state index contributed by atoms with van der Waals surface area (Å²) < 4.78 is 19.5. The molecule has 0 amide bonds. The summed E-state index contributed by atoms with van der Waals surface area (Å²) in [6.07, 6.45) is 0. The quantitative estimate of drug-likeness (QED) is 0.161. The maximum atomic E-state index is 6.94. The summed E-state index contributed by atoms with van der Waals surface area (Å²) >= 11 is 0. The lowest BCUT2D eigenvalue weighted by molar-refractivity contribution is 0.619. The molecular formula is C53H33N3O3. The van der Waals surface area contributed by atoms with Crippen molar-refractivity contribution in [3.8, 4) is 11.5 Å². The fourth-order valence-corrected chi connectivity index (χ4v) is 8.48. The molecule has 3 aromatic heterocycles. The highest BCUT2D eigenvalue weighted by Crippen LogP contribution is 2.47. The van der Waals surface area contributed by atoms with Gasteiger partial charge in [0.2, 0.25) is 5.89 Å². The van der Waals surface area contributed by atoms with Gasteiger partial charge < -0.3 is 23.1 Å². The second-order valence-corrected chi connectivity index (χ2v) is 14.8. The van der Waals surface area contributed by atoms with E-state index in [9.17, 15) is 0 Å². The summed E-state index contributed by atoms with van der Waals surface area (Å²) in [6, 6.07) is 69.2. The van der Waals surface area contributed by atoms with Gasteiger partial charge in [0.05, 0.1) is 11.4 Å². The molecule has 0 aliphatic carbocycles. The predicted molar refractivity (Wildman–Crippen MR) is 241 cm³/mol. The van der Waals surface area contributed by atoms with Crippen molar-refractivity contribution in [1.29, 1.82) is 0 Å². The molecular weight excluding hydrogens is 727 g/mol. The lowest BCUT2D eigenvalue weighted by Crippen LogP contribution is -2.13. The van der Waals surface area contributed by atoms with E-state index in [1.165, 1.54) is 5.39 Å². The number of benzene rings is 9. The van der Waals surface area contributed by atoms with E-state index in [0.29, 0.717) is 11.5 Å². The van der Waals surface area contributed by atoms with Gasteiger partial charge in [-0.3, -0.25) is 0 Å². The number of hydrogen-bond donors (Lipinski definition) is 0. The molecule has 0 bridgehead atoms. The zero-order valence-corrected chi connectivity index (χ0v) is 31.6. The van der Waals surface area contributed by atoms with Gasteiger partial charge >= 0.3 is 0 Å². The van der Waals surface area contributed by atoms with Crippen molar-refractivity contribution in [3.63, 3.8) is 0 Å². The number of fused-ring (bicyclic) bond motifs is 8. The summed E-state index contributed by atoms with van der Waals surface area (Å²) in [5.41, 5.74) is 11.3. The van der Waals surface area contributed by atoms with Crippen LogP contribution in [-0.2, 0) is 0 Å². The molecule has 0 radical (unpaired) electrons. The third-order valence-electron chi connectivity index (χ3n) is 11.2. The second kappa shape index (κ2) is 13.3. The van der Waals surface area contributed by atoms with Gasteiger partial charge in [0.1, 0.15) is 27.8 Å². The van der Waals surface area contributed by atoms with Crippen LogP contribution in [0.4, 0.5) is 34.1 Å². The number of furan rings is 2. The summed E-state index contributed by atoms with van der Waals surface area (Å²) in [5.74, 6) is 0.504. The van der Waals surface area contributed by atoms with Crippen LogP contribution >= 0.6 is 0 Å². The number of oxazole rings is 1. The van der Waals surface area contributed by atoms with Crippen LogP contribution < -0.4 is 9.80 Å². The van der Waals surface area contributed by atoms with E-state index in [1.54, 1.807) is 0 Å². The Morgan fingerprint density at radius 3 is 1.71 bits per heavy atom. The Morgan fingerprint density at radius 1 is 0.339 bits per heavy atom. The van der Waals surface area contributed by atoms with Gasteiger partial charge in [-0.1, -0.05) is 103 Å². The Labute approximate surface area is 338 Å². The summed E-state index contributed by atoms with van der Waals surface area (Å²) in [6.45, 7) is 0. The smallest absolute Gasteiger partial charge is 0.227 e. The lowest BCUT2D eigenvalue weighted by atomic mass is 10.1. The molecule has 12 aromatic rings. The van der Waals surface area contributed by atoms with E-state index in [4.69, 9.17) is 18.2 Å². The highest BCUT2D eigenvalue weighted by molar-refractivity contribution is 6.08. The molecule has 6 nitrogen and oxygen atoms in total. The molecule has 3 heterocycles. The zero-order valence-electron chi connectivity index (χ0n) is 31.6. The molecule has 0 saturated heterocycles. The molecule has 0 fully saturated rings. The molecule has 0 N–H and O–H groups in total. The molecule has 12 rings (SSSR count). The average Bonchev–Trinajstić information content (AvgIpc) is 4.01. The third kappa shape index (κ3) is 5.53. The van der Waals surface area contributed by atoms with Gasteiger partial charge in [-0.25, -0.2) is 4.98 Å². The molecule has 0 unspecified atom stereocenters. The van der Waals surface area contributed by atoms with Gasteiger partial charge in [-0.2, -0.15) is 0 Å². The van der Waals surface area contributed by atoms with Crippen LogP contribution in [0.1, 0.15) is 0 Å². The molecule has 59 heavy (non-hydrogen) atoms. The van der Waals surface area contributed by atoms with Crippen molar-refractivity contribution in [2.24, 2.45) is 0 Å². The molecule has 278 valence electrons. The summed E-state index contributed by atoms with van der Waals surface area (Å²) in [7, 11) is 0. The largest absolute Gasteiger partial charge is 0.456 e. The number of hydrogen-bond acceptors (Lipinski definition) is 6. The number of aromatic nitrogens is 1. The first-order valence-corrected chi connectivity index (χ1v) is 19.7. The summed E-state index contributed by atoms with van der Waals surface area (Å²) in [4.78, 5) is 9.81. The van der Waals surface area contributed by atoms with Crippen molar-refractivity contribution >= 4 is 99.9 Å². The standard InChI is InChI=1S/C53H33N3O3/c1-3-15-37(16-4-1)55(40-26-28-50-45(31-40)43-20-10-12-22-49(43)57-50)41-32-46-52(59-53(54-46)36-24-27-44-42-19-9-11-21-48(42)58-51(44)30-36)47(33-41)56(38-17-5-2-6-18-38)39-25-23-34-13-7-8-14-35(34)29-39/h1-33H. The van der Waals surface area contributed by atoms with Gasteiger partial charge in [0.25, 0.3) is 0 Å². The van der Waals surface area contributed by atoms with Crippen LogP contribution in [0.3, 0.4) is 0 Å². The maximum absolute atomic E-state index is 6.94.